The van der Waals surface area contributed by atoms with Crippen LogP contribution in [0.1, 0.15) is 52.9 Å². The van der Waals surface area contributed by atoms with Crippen LogP contribution < -0.4 is 5.32 Å². The Hall–Kier alpha value is -1.10. The van der Waals surface area contributed by atoms with Crippen LogP contribution in [0.3, 0.4) is 0 Å². The van der Waals surface area contributed by atoms with E-state index in [9.17, 15) is 9.59 Å². The molecule has 2 amide bonds. The summed E-state index contributed by atoms with van der Waals surface area (Å²) >= 11 is 0. The third-order valence-electron chi connectivity index (χ3n) is 5.44. The van der Waals surface area contributed by atoms with E-state index >= 15 is 0 Å². The summed E-state index contributed by atoms with van der Waals surface area (Å²) in [5, 5.41) is 3.02. The molecular formula is C16H26N2O3. The van der Waals surface area contributed by atoms with Crippen molar-refractivity contribution < 1.29 is 14.3 Å². The zero-order valence-electron chi connectivity index (χ0n) is 13.3. The van der Waals surface area contributed by atoms with Crippen LogP contribution in [0.5, 0.6) is 0 Å². The average molecular weight is 294 g/mol. The van der Waals surface area contributed by atoms with Gasteiger partial charge >= 0.3 is 0 Å². The maximum atomic E-state index is 13.2. The molecule has 0 aromatic rings. The number of piperazine rings is 1. The lowest BCUT2D eigenvalue weighted by Crippen LogP contribution is -2.75. The standard InChI is InChI=1S/C16H26N2O3/c1-4-12-13(19)17-16(3,11-6-7-11)14(20)18(12)15(2)8-5-9-21-10-15/h11-12H,4-10H2,1-3H3,(H,17,19). The number of rotatable bonds is 3. The molecule has 2 saturated heterocycles. The number of carbonyl (C=O) groups is 2. The fourth-order valence-electron chi connectivity index (χ4n) is 3.94. The molecule has 118 valence electrons. The molecule has 1 saturated carbocycles. The SMILES string of the molecule is CCC1C(=O)NC(C)(C2CC2)C(=O)N1C1(C)CCCOC1. The molecule has 2 aliphatic heterocycles. The van der Waals surface area contributed by atoms with Crippen LogP contribution in [-0.4, -0.2) is 47.0 Å². The van der Waals surface area contributed by atoms with E-state index in [1.165, 1.54) is 0 Å². The Balaban J connectivity index is 1.96. The molecule has 0 spiro atoms. The molecule has 0 aromatic heterocycles. The third-order valence-corrected chi connectivity index (χ3v) is 5.44. The number of ether oxygens (including phenoxy) is 1. The van der Waals surface area contributed by atoms with Crippen LogP contribution in [0, 0.1) is 5.92 Å². The van der Waals surface area contributed by atoms with Crippen LogP contribution in [0.15, 0.2) is 0 Å². The number of amides is 2. The topological polar surface area (TPSA) is 58.6 Å². The minimum Gasteiger partial charge on any atom is -0.379 e. The van der Waals surface area contributed by atoms with E-state index in [2.05, 4.69) is 12.2 Å². The predicted molar refractivity (Wildman–Crippen MR) is 78.7 cm³/mol. The highest BCUT2D eigenvalue weighted by Crippen LogP contribution is 2.44. The van der Waals surface area contributed by atoms with Crippen LogP contribution >= 0.6 is 0 Å². The van der Waals surface area contributed by atoms with Gasteiger partial charge in [0.15, 0.2) is 0 Å². The van der Waals surface area contributed by atoms with Gasteiger partial charge in [-0.3, -0.25) is 9.59 Å². The Morgan fingerprint density at radius 2 is 2.05 bits per heavy atom. The number of nitrogens with zero attached hydrogens (tertiary/aromatic N) is 1. The van der Waals surface area contributed by atoms with Crippen molar-refractivity contribution >= 4 is 11.8 Å². The van der Waals surface area contributed by atoms with E-state index in [0.717, 1.165) is 32.3 Å². The molecular weight excluding hydrogens is 268 g/mol. The van der Waals surface area contributed by atoms with E-state index in [1.807, 2.05) is 18.7 Å². The quantitative estimate of drug-likeness (QED) is 0.857. The summed E-state index contributed by atoms with van der Waals surface area (Å²) in [5.41, 5.74) is -1.08. The van der Waals surface area contributed by atoms with Gasteiger partial charge in [-0.05, 0) is 51.9 Å². The molecule has 21 heavy (non-hydrogen) atoms. The second-order valence-corrected chi connectivity index (χ2v) is 7.22. The molecule has 1 N–H and O–H groups in total. The molecule has 0 aromatic carbocycles. The Bertz CT molecular complexity index is 454. The van der Waals surface area contributed by atoms with Gasteiger partial charge in [-0.25, -0.2) is 0 Å². The Labute approximate surface area is 126 Å². The van der Waals surface area contributed by atoms with Gasteiger partial charge in [0.2, 0.25) is 11.8 Å². The smallest absolute Gasteiger partial charge is 0.249 e. The molecule has 1 aliphatic carbocycles. The number of hydrogen-bond acceptors (Lipinski definition) is 3. The second kappa shape index (κ2) is 4.97. The van der Waals surface area contributed by atoms with E-state index < -0.39 is 5.54 Å². The van der Waals surface area contributed by atoms with Gasteiger partial charge in [-0.15, -0.1) is 0 Å². The maximum absolute atomic E-state index is 13.2. The number of carbonyl (C=O) groups excluding carboxylic acids is 2. The summed E-state index contributed by atoms with van der Waals surface area (Å²) in [5.74, 6) is 0.380. The van der Waals surface area contributed by atoms with Crippen molar-refractivity contribution in [2.75, 3.05) is 13.2 Å². The van der Waals surface area contributed by atoms with Crippen LogP contribution in [0.4, 0.5) is 0 Å². The van der Waals surface area contributed by atoms with Crippen molar-refractivity contribution in [1.82, 2.24) is 10.2 Å². The van der Waals surface area contributed by atoms with Gasteiger partial charge in [-0.1, -0.05) is 6.92 Å². The largest absolute Gasteiger partial charge is 0.379 e. The van der Waals surface area contributed by atoms with E-state index in [-0.39, 0.29) is 23.4 Å². The summed E-state index contributed by atoms with van der Waals surface area (Å²) in [7, 11) is 0. The second-order valence-electron chi connectivity index (χ2n) is 7.22. The molecule has 5 heteroatoms. The zero-order valence-corrected chi connectivity index (χ0v) is 13.3. The lowest BCUT2D eigenvalue weighted by Gasteiger charge is -2.53. The molecule has 3 rings (SSSR count). The van der Waals surface area contributed by atoms with Crippen molar-refractivity contribution in [3.8, 4) is 0 Å². The first-order valence-corrected chi connectivity index (χ1v) is 8.16. The van der Waals surface area contributed by atoms with Crippen LogP contribution in [0.25, 0.3) is 0 Å². The fourth-order valence-corrected chi connectivity index (χ4v) is 3.94. The van der Waals surface area contributed by atoms with E-state index in [0.29, 0.717) is 18.9 Å². The Morgan fingerprint density at radius 1 is 1.33 bits per heavy atom. The van der Waals surface area contributed by atoms with Crippen LogP contribution in [0.2, 0.25) is 0 Å². The molecule has 0 radical (unpaired) electrons. The molecule has 5 nitrogen and oxygen atoms in total. The summed E-state index contributed by atoms with van der Waals surface area (Å²) < 4.78 is 5.63. The molecule has 3 fully saturated rings. The predicted octanol–water partition coefficient (Wildman–Crippen LogP) is 1.46. The van der Waals surface area contributed by atoms with Crippen molar-refractivity contribution in [3.63, 3.8) is 0 Å². The third kappa shape index (κ3) is 2.26. The fraction of sp³-hybridized carbons (Fsp3) is 0.875. The monoisotopic (exact) mass is 294 g/mol. The molecule has 3 atom stereocenters. The molecule has 3 aliphatic rings. The lowest BCUT2D eigenvalue weighted by molar-refractivity contribution is -0.169. The summed E-state index contributed by atoms with van der Waals surface area (Å²) in [6.45, 7) is 7.22. The highest BCUT2D eigenvalue weighted by atomic mass is 16.5. The van der Waals surface area contributed by atoms with Gasteiger partial charge in [0.1, 0.15) is 11.6 Å². The maximum Gasteiger partial charge on any atom is 0.249 e. The first-order valence-electron chi connectivity index (χ1n) is 8.16. The number of hydrogen-bond donors (Lipinski definition) is 1. The van der Waals surface area contributed by atoms with Crippen LogP contribution in [-0.2, 0) is 14.3 Å². The molecule has 2 heterocycles. The molecule has 3 unspecified atom stereocenters. The van der Waals surface area contributed by atoms with Gasteiger partial charge in [0.05, 0.1) is 12.1 Å². The summed E-state index contributed by atoms with van der Waals surface area (Å²) in [6, 6.07) is -0.365. The summed E-state index contributed by atoms with van der Waals surface area (Å²) in [4.78, 5) is 27.6. The van der Waals surface area contributed by atoms with Crippen molar-refractivity contribution in [2.24, 2.45) is 5.92 Å². The highest BCUT2D eigenvalue weighted by Gasteiger charge is 2.58. The van der Waals surface area contributed by atoms with E-state index in [1.54, 1.807) is 0 Å². The zero-order chi connectivity index (χ0) is 15.3. The molecule has 0 bridgehead atoms. The van der Waals surface area contributed by atoms with Crippen molar-refractivity contribution in [3.05, 3.63) is 0 Å². The lowest BCUT2D eigenvalue weighted by atomic mass is 9.82. The normalized spacial score (nSPS) is 41.1. The number of nitrogens with one attached hydrogen (secondary N) is 1. The van der Waals surface area contributed by atoms with E-state index in [4.69, 9.17) is 4.74 Å². The van der Waals surface area contributed by atoms with Gasteiger partial charge in [0, 0.05) is 6.61 Å². The minimum atomic E-state index is -0.719. The average Bonchev–Trinajstić information content (AvgIpc) is 3.28. The van der Waals surface area contributed by atoms with Gasteiger partial charge < -0.3 is 15.0 Å². The van der Waals surface area contributed by atoms with Crippen molar-refractivity contribution in [2.45, 2.75) is 70.0 Å². The first kappa shape index (κ1) is 14.8. The highest BCUT2D eigenvalue weighted by molar-refractivity contribution is 6.00. The van der Waals surface area contributed by atoms with Crippen molar-refractivity contribution in [1.29, 1.82) is 0 Å². The van der Waals surface area contributed by atoms with Gasteiger partial charge in [0.25, 0.3) is 0 Å². The minimum absolute atomic E-state index is 0.00158. The first-order chi connectivity index (χ1) is 9.92. The Kier molecular flexibility index (Phi) is 3.51. The Morgan fingerprint density at radius 3 is 2.57 bits per heavy atom. The van der Waals surface area contributed by atoms with Gasteiger partial charge in [-0.2, -0.15) is 0 Å². The summed E-state index contributed by atoms with van der Waals surface area (Å²) in [6.07, 6.45) is 4.55.